The summed E-state index contributed by atoms with van der Waals surface area (Å²) in [5.74, 6) is 1.15. The van der Waals surface area contributed by atoms with Crippen LogP contribution in [0, 0.1) is 0 Å². The summed E-state index contributed by atoms with van der Waals surface area (Å²) in [5, 5.41) is 4.53. The summed E-state index contributed by atoms with van der Waals surface area (Å²) < 4.78 is 0.863. The van der Waals surface area contributed by atoms with Gasteiger partial charge in [-0.3, -0.25) is 4.99 Å². The molecule has 0 saturated carbocycles. The lowest BCUT2D eigenvalue weighted by atomic mass is 10.3. The van der Waals surface area contributed by atoms with Crippen molar-refractivity contribution in [3.63, 3.8) is 0 Å². The molecule has 1 saturated heterocycles. The lowest BCUT2D eigenvalue weighted by molar-refractivity contribution is 0.667. The van der Waals surface area contributed by atoms with E-state index in [2.05, 4.69) is 23.3 Å². The molecule has 5 heteroatoms. The highest BCUT2D eigenvalue weighted by Crippen LogP contribution is 2.22. The maximum Gasteiger partial charge on any atom is 0.156 e. The van der Waals surface area contributed by atoms with Crippen LogP contribution in [-0.2, 0) is 6.42 Å². The summed E-state index contributed by atoms with van der Waals surface area (Å²) in [6.45, 7) is 3.05. The van der Waals surface area contributed by atoms with Crippen LogP contribution < -0.4 is 5.32 Å². The molecule has 1 unspecified atom stereocenters. The highest BCUT2D eigenvalue weighted by molar-refractivity contribution is 8.14. The minimum Gasteiger partial charge on any atom is -0.361 e. The summed E-state index contributed by atoms with van der Waals surface area (Å²) in [6, 6.07) is 4.64. The fourth-order valence-electron chi connectivity index (χ4n) is 1.50. The number of nitrogens with zero attached hydrogens (tertiary/aromatic N) is 1. The van der Waals surface area contributed by atoms with Crippen molar-refractivity contribution in [3.05, 3.63) is 21.3 Å². The molecule has 0 radical (unpaired) electrons. The van der Waals surface area contributed by atoms with Gasteiger partial charge in [0.15, 0.2) is 5.17 Å². The fourth-order valence-corrected chi connectivity index (χ4v) is 3.69. The third kappa shape index (κ3) is 3.40. The zero-order valence-electron chi connectivity index (χ0n) is 9.20. The van der Waals surface area contributed by atoms with Gasteiger partial charge < -0.3 is 5.32 Å². The number of thioether (sulfide) groups is 1. The van der Waals surface area contributed by atoms with Gasteiger partial charge in [-0.25, -0.2) is 0 Å². The molecule has 1 aromatic heterocycles. The van der Waals surface area contributed by atoms with Crippen LogP contribution in [0.3, 0.4) is 0 Å². The van der Waals surface area contributed by atoms with E-state index in [-0.39, 0.29) is 0 Å². The molecule has 1 aromatic rings. The molecule has 1 N–H and O–H groups in total. The average Bonchev–Trinajstić information content (AvgIpc) is 2.88. The summed E-state index contributed by atoms with van der Waals surface area (Å²) in [5.41, 5.74) is 0. The predicted molar refractivity (Wildman–Crippen MR) is 75.0 cm³/mol. The molecule has 0 spiro atoms. The van der Waals surface area contributed by atoms with Crippen molar-refractivity contribution in [2.45, 2.75) is 25.8 Å². The van der Waals surface area contributed by atoms with Crippen LogP contribution in [0.4, 0.5) is 0 Å². The first-order chi connectivity index (χ1) is 7.78. The molecule has 1 aliphatic heterocycles. The van der Waals surface area contributed by atoms with Crippen LogP contribution in [0.5, 0.6) is 0 Å². The van der Waals surface area contributed by atoms with E-state index in [9.17, 15) is 0 Å². The van der Waals surface area contributed by atoms with Crippen LogP contribution in [0.2, 0.25) is 4.34 Å². The summed E-state index contributed by atoms with van der Waals surface area (Å²) >= 11 is 9.35. The van der Waals surface area contributed by atoms with Crippen LogP contribution in [0.1, 0.15) is 18.2 Å². The fraction of sp³-hybridized carbons (Fsp3) is 0.545. The second-order valence-corrected chi connectivity index (χ2v) is 6.51. The molecule has 1 aliphatic rings. The lowest BCUT2D eigenvalue weighted by Crippen LogP contribution is -2.25. The smallest absolute Gasteiger partial charge is 0.156 e. The third-order valence-corrected chi connectivity index (χ3v) is 4.86. The van der Waals surface area contributed by atoms with Crippen molar-refractivity contribution < 1.29 is 0 Å². The van der Waals surface area contributed by atoms with Crippen LogP contribution in [0.25, 0.3) is 0 Å². The van der Waals surface area contributed by atoms with Gasteiger partial charge in [0.1, 0.15) is 0 Å². The molecule has 0 amide bonds. The molecule has 0 aromatic carbocycles. The lowest BCUT2D eigenvalue weighted by Gasteiger charge is -2.04. The first kappa shape index (κ1) is 12.3. The van der Waals surface area contributed by atoms with Crippen LogP contribution in [0.15, 0.2) is 17.1 Å². The number of hydrogen-bond donors (Lipinski definition) is 1. The Morgan fingerprint density at radius 2 is 2.44 bits per heavy atom. The number of amidine groups is 1. The van der Waals surface area contributed by atoms with Gasteiger partial charge in [-0.05, 0) is 18.6 Å². The van der Waals surface area contributed by atoms with Crippen molar-refractivity contribution in [1.82, 2.24) is 5.32 Å². The second-order valence-electron chi connectivity index (χ2n) is 3.70. The molecule has 88 valence electrons. The van der Waals surface area contributed by atoms with Crippen molar-refractivity contribution >= 4 is 39.9 Å². The Morgan fingerprint density at radius 1 is 1.56 bits per heavy atom. The van der Waals surface area contributed by atoms with Crippen molar-refractivity contribution in [2.24, 2.45) is 4.99 Å². The normalized spacial score (nSPS) is 22.6. The number of aliphatic imine (C=N–C) groups is 1. The zero-order valence-corrected chi connectivity index (χ0v) is 11.6. The molecule has 1 atom stereocenters. The monoisotopic (exact) mass is 274 g/mol. The predicted octanol–water partition coefficient (Wildman–Crippen LogP) is 3.42. The molecule has 2 rings (SSSR count). The Balaban J connectivity index is 1.77. The van der Waals surface area contributed by atoms with Gasteiger partial charge in [0.25, 0.3) is 0 Å². The van der Waals surface area contributed by atoms with E-state index in [1.165, 1.54) is 11.3 Å². The van der Waals surface area contributed by atoms with E-state index < -0.39 is 0 Å². The summed E-state index contributed by atoms with van der Waals surface area (Å²) in [4.78, 5) is 5.87. The Hall–Kier alpha value is -0.190. The van der Waals surface area contributed by atoms with E-state index in [4.69, 9.17) is 11.6 Å². The van der Waals surface area contributed by atoms with Gasteiger partial charge in [-0.2, -0.15) is 0 Å². The molecular formula is C11H15ClN2S2. The summed E-state index contributed by atoms with van der Waals surface area (Å²) in [6.07, 6.45) is 2.16. The molecule has 0 aliphatic carbocycles. The Labute approximate surface area is 109 Å². The SMILES string of the molecule is CCC1CSC(=NCCc2ccc(Cl)s2)N1. The standard InChI is InChI=1S/C11H15ClN2S2/c1-2-8-7-15-11(14-8)13-6-5-9-3-4-10(12)16-9/h3-4,8H,2,5-7H2,1H3,(H,13,14). The van der Waals surface area contributed by atoms with E-state index in [1.807, 2.05) is 17.8 Å². The second kappa shape index (κ2) is 5.94. The van der Waals surface area contributed by atoms with Gasteiger partial charge in [0.05, 0.1) is 4.34 Å². The van der Waals surface area contributed by atoms with E-state index in [0.717, 1.165) is 28.2 Å². The average molecular weight is 275 g/mol. The zero-order chi connectivity index (χ0) is 11.4. The highest BCUT2D eigenvalue weighted by atomic mass is 35.5. The number of thiophene rings is 1. The van der Waals surface area contributed by atoms with Gasteiger partial charge in [-0.15, -0.1) is 11.3 Å². The number of halogens is 1. The highest BCUT2D eigenvalue weighted by Gasteiger charge is 2.17. The Kier molecular flexibility index (Phi) is 4.55. The summed E-state index contributed by atoms with van der Waals surface area (Å²) in [7, 11) is 0. The maximum absolute atomic E-state index is 5.87. The van der Waals surface area contributed by atoms with Gasteiger partial charge in [-0.1, -0.05) is 30.3 Å². The molecule has 1 fully saturated rings. The van der Waals surface area contributed by atoms with Crippen LogP contribution >= 0.6 is 34.7 Å². The number of hydrogen-bond acceptors (Lipinski definition) is 3. The van der Waals surface area contributed by atoms with Crippen molar-refractivity contribution in [1.29, 1.82) is 0 Å². The van der Waals surface area contributed by atoms with E-state index >= 15 is 0 Å². The van der Waals surface area contributed by atoms with Gasteiger partial charge in [0.2, 0.25) is 0 Å². The number of nitrogens with one attached hydrogen (secondary N) is 1. The molecule has 2 nitrogen and oxygen atoms in total. The van der Waals surface area contributed by atoms with E-state index in [1.54, 1.807) is 11.3 Å². The molecule has 2 heterocycles. The third-order valence-electron chi connectivity index (χ3n) is 2.48. The quantitative estimate of drug-likeness (QED) is 0.910. The number of rotatable bonds is 4. The van der Waals surface area contributed by atoms with Gasteiger partial charge in [0, 0.05) is 29.6 Å². The maximum atomic E-state index is 5.87. The van der Waals surface area contributed by atoms with Crippen molar-refractivity contribution in [3.8, 4) is 0 Å². The Morgan fingerprint density at radius 3 is 3.06 bits per heavy atom. The first-order valence-electron chi connectivity index (χ1n) is 5.46. The van der Waals surface area contributed by atoms with E-state index in [0.29, 0.717) is 6.04 Å². The molecular weight excluding hydrogens is 260 g/mol. The molecule has 16 heavy (non-hydrogen) atoms. The Bertz CT molecular complexity index is 376. The van der Waals surface area contributed by atoms with Gasteiger partial charge >= 0.3 is 0 Å². The minimum atomic E-state index is 0.611. The largest absolute Gasteiger partial charge is 0.361 e. The van der Waals surface area contributed by atoms with Crippen molar-refractivity contribution in [2.75, 3.05) is 12.3 Å². The minimum absolute atomic E-state index is 0.611. The van der Waals surface area contributed by atoms with Crippen LogP contribution in [-0.4, -0.2) is 23.5 Å². The molecule has 0 bridgehead atoms. The topological polar surface area (TPSA) is 24.4 Å². The first-order valence-corrected chi connectivity index (χ1v) is 7.64.